The smallest absolute Gasteiger partial charge is 0.123 e. The normalized spacial score (nSPS) is 10.5. The van der Waals surface area contributed by atoms with E-state index in [1.165, 1.54) is 0 Å². The van der Waals surface area contributed by atoms with E-state index in [2.05, 4.69) is 10.8 Å². The Balaban J connectivity index is 2.92. The SMILES string of the molecule is C#COCCOCCOCCOCCOCCOCCO. The van der Waals surface area contributed by atoms with Crippen molar-refractivity contribution in [3.05, 3.63) is 0 Å². The van der Waals surface area contributed by atoms with Crippen LogP contribution < -0.4 is 0 Å². The van der Waals surface area contributed by atoms with Gasteiger partial charge in [-0.3, -0.25) is 0 Å². The van der Waals surface area contributed by atoms with Crippen LogP contribution in [0.25, 0.3) is 0 Å². The summed E-state index contributed by atoms with van der Waals surface area (Å²) in [5.41, 5.74) is 0. The second kappa shape index (κ2) is 19.1. The van der Waals surface area contributed by atoms with Crippen LogP contribution in [-0.4, -0.2) is 84.4 Å². The number of ether oxygens (including phenoxy) is 6. The molecule has 0 aliphatic carbocycles. The van der Waals surface area contributed by atoms with Crippen molar-refractivity contribution in [2.45, 2.75) is 0 Å². The quantitative estimate of drug-likeness (QED) is 0.291. The van der Waals surface area contributed by atoms with Gasteiger partial charge in [0.1, 0.15) is 12.7 Å². The Hall–Kier alpha value is -0.880. The maximum atomic E-state index is 8.47. The molecule has 0 spiro atoms. The van der Waals surface area contributed by atoms with Gasteiger partial charge < -0.3 is 33.5 Å². The number of rotatable bonds is 17. The zero-order chi connectivity index (χ0) is 15.4. The summed E-state index contributed by atoms with van der Waals surface area (Å²) in [6, 6.07) is 0. The molecule has 0 aliphatic heterocycles. The van der Waals surface area contributed by atoms with Crippen molar-refractivity contribution < 1.29 is 33.5 Å². The van der Waals surface area contributed by atoms with Crippen LogP contribution in [0.4, 0.5) is 0 Å². The van der Waals surface area contributed by atoms with Crippen LogP contribution in [0.1, 0.15) is 0 Å². The van der Waals surface area contributed by atoms with E-state index in [0.717, 1.165) is 0 Å². The van der Waals surface area contributed by atoms with Gasteiger partial charge >= 0.3 is 0 Å². The molecule has 124 valence electrons. The van der Waals surface area contributed by atoms with Gasteiger partial charge in [0.25, 0.3) is 0 Å². The van der Waals surface area contributed by atoms with Gasteiger partial charge in [-0.15, -0.1) is 0 Å². The van der Waals surface area contributed by atoms with Crippen LogP contribution in [0.15, 0.2) is 0 Å². The maximum absolute atomic E-state index is 8.47. The van der Waals surface area contributed by atoms with Gasteiger partial charge in [-0.25, -0.2) is 0 Å². The van der Waals surface area contributed by atoms with Gasteiger partial charge in [0, 0.05) is 0 Å². The van der Waals surface area contributed by atoms with Gasteiger partial charge in [0.05, 0.1) is 72.7 Å². The van der Waals surface area contributed by atoms with Gasteiger partial charge in [0.15, 0.2) is 0 Å². The van der Waals surface area contributed by atoms with E-state index < -0.39 is 0 Å². The highest BCUT2D eigenvalue weighted by Crippen LogP contribution is 1.84. The Labute approximate surface area is 126 Å². The molecule has 7 nitrogen and oxygen atoms in total. The van der Waals surface area contributed by atoms with E-state index in [0.29, 0.717) is 72.7 Å². The summed E-state index contributed by atoms with van der Waals surface area (Å²) < 4.78 is 30.8. The highest BCUT2D eigenvalue weighted by Gasteiger charge is 1.93. The first-order valence-corrected chi connectivity index (χ1v) is 6.98. The number of terminal acetylenes is 1. The third kappa shape index (κ3) is 19.1. The van der Waals surface area contributed by atoms with Crippen LogP contribution in [0.3, 0.4) is 0 Å². The van der Waals surface area contributed by atoms with Crippen molar-refractivity contribution in [1.29, 1.82) is 0 Å². The molecule has 0 amide bonds. The summed E-state index contributed by atoms with van der Waals surface area (Å²) in [6.07, 6.45) is 6.97. The standard InChI is InChI=1S/C14H26O7/c1-2-16-5-6-18-9-10-20-13-14-21-12-11-19-8-7-17-4-3-15/h1,15H,3-14H2. The average Bonchev–Trinajstić information content (AvgIpc) is 2.50. The predicted molar refractivity (Wildman–Crippen MR) is 76.0 cm³/mol. The fourth-order valence-electron chi connectivity index (χ4n) is 1.21. The monoisotopic (exact) mass is 306 g/mol. The summed E-state index contributed by atoms with van der Waals surface area (Å²) in [7, 11) is 0. The van der Waals surface area contributed by atoms with Crippen molar-refractivity contribution in [3.63, 3.8) is 0 Å². The summed E-state index contributed by atoms with van der Waals surface area (Å²) in [5, 5.41) is 8.47. The lowest BCUT2D eigenvalue weighted by atomic mass is 10.7. The summed E-state index contributed by atoms with van der Waals surface area (Å²) in [5.74, 6) is 0. The number of hydrogen-bond donors (Lipinski definition) is 1. The summed E-state index contributed by atoms with van der Waals surface area (Å²) in [6.45, 7) is 5.30. The minimum Gasteiger partial charge on any atom is -0.444 e. The summed E-state index contributed by atoms with van der Waals surface area (Å²) in [4.78, 5) is 0. The van der Waals surface area contributed by atoms with Crippen molar-refractivity contribution in [2.75, 3.05) is 79.3 Å². The Morgan fingerprint density at radius 3 is 1.24 bits per heavy atom. The zero-order valence-corrected chi connectivity index (χ0v) is 12.5. The number of aliphatic hydroxyl groups is 1. The van der Waals surface area contributed by atoms with E-state index in [1.807, 2.05) is 0 Å². The Morgan fingerprint density at radius 2 is 0.905 bits per heavy atom. The van der Waals surface area contributed by atoms with Crippen LogP contribution in [0, 0.1) is 12.5 Å². The minimum absolute atomic E-state index is 0.0346. The van der Waals surface area contributed by atoms with Gasteiger partial charge in [0.2, 0.25) is 0 Å². The molecule has 0 heterocycles. The van der Waals surface area contributed by atoms with Gasteiger partial charge in [-0.1, -0.05) is 6.42 Å². The average molecular weight is 306 g/mol. The van der Waals surface area contributed by atoms with Crippen molar-refractivity contribution in [1.82, 2.24) is 0 Å². The third-order valence-electron chi connectivity index (χ3n) is 2.14. The molecule has 0 rings (SSSR count). The van der Waals surface area contributed by atoms with Crippen LogP contribution in [0.5, 0.6) is 0 Å². The fraction of sp³-hybridized carbons (Fsp3) is 0.857. The predicted octanol–water partition coefficient (Wildman–Crippen LogP) is -0.331. The molecule has 0 radical (unpaired) electrons. The highest BCUT2D eigenvalue weighted by molar-refractivity contribution is 4.67. The summed E-state index contributed by atoms with van der Waals surface area (Å²) >= 11 is 0. The molecule has 0 aromatic heterocycles. The van der Waals surface area contributed by atoms with E-state index in [9.17, 15) is 0 Å². The first-order valence-electron chi connectivity index (χ1n) is 6.98. The minimum atomic E-state index is 0.0346. The fourth-order valence-corrected chi connectivity index (χ4v) is 1.21. The Morgan fingerprint density at radius 1 is 0.571 bits per heavy atom. The lowest BCUT2D eigenvalue weighted by Gasteiger charge is -2.07. The first-order chi connectivity index (χ1) is 10.4. The molecule has 0 fully saturated rings. The molecule has 0 aromatic rings. The molecule has 0 bridgehead atoms. The lowest BCUT2D eigenvalue weighted by molar-refractivity contribution is -0.0151. The molecule has 0 aromatic carbocycles. The topological polar surface area (TPSA) is 75.6 Å². The van der Waals surface area contributed by atoms with Crippen LogP contribution in [-0.2, 0) is 28.4 Å². The molecule has 0 unspecified atom stereocenters. The maximum Gasteiger partial charge on any atom is 0.123 e. The van der Waals surface area contributed by atoms with E-state index in [-0.39, 0.29) is 6.61 Å². The molecule has 21 heavy (non-hydrogen) atoms. The van der Waals surface area contributed by atoms with Crippen molar-refractivity contribution >= 4 is 0 Å². The second-order valence-corrected chi connectivity index (χ2v) is 3.75. The third-order valence-corrected chi connectivity index (χ3v) is 2.14. The number of hydrogen-bond acceptors (Lipinski definition) is 7. The van der Waals surface area contributed by atoms with E-state index in [4.69, 9.17) is 35.2 Å². The molecule has 0 atom stereocenters. The van der Waals surface area contributed by atoms with Gasteiger partial charge in [-0.05, 0) is 0 Å². The largest absolute Gasteiger partial charge is 0.444 e. The second-order valence-electron chi connectivity index (χ2n) is 3.75. The van der Waals surface area contributed by atoms with Gasteiger partial charge in [-0.2, -0.15) is 0 Å². The molecule has 0 saturated carbocycles. The van der Waals surface area contributed by atoms with Crippen LogP contribution >= 0.6 is 0 Å². The lowest BCUT2D eigenvalue weighted by Crippen LogP contribution is -2.14. The molecular weight excluding hydrogens is 280 g/mol. The number of aliphatic hydroxyl groups excluding tert-OH is 1. The zero-order valence-electron chi connectivity index (χ0n) is 12.5. The Kier molecular flexibility index (Phi) is 18.3. The molecular formula is C14H26O7. The first kappa shape index (κ1) is 20.1. The van der Waals surface area contributed by atoms with E-state index in [1.54, 1.807) is 0 Å². The van der Waals surface area contributed by atoms with E-state index >= 15 is 0 Å². The molecule has 1 N–H and O–H groups in total. The molecule has 7 heteroatoms. The highest BCUT2D eigenvalue weighted by atomic mass is 16.6. The van der Waals surface area contributed by atoms with Crippen molar-refractivity contribution in [3.8, 4) is 12.5 Å². The van der Waals surface area contributed by atoms with Crippen LogP contribution in [0.2, 0.25) is 0 Å². The Bertz CT molecular complexity index is 230. The molecule has 0 saturated heterocycles. The van der Waals surface area contributed by atoms with Crippen molar-refractivity contribution in [2.24, 2.45) is 0 Å². The molecule has 0 aliphatic rings.